The van der Waals surface area contributed by atoms with Crippen LogP contribution in [0.4, 0.5) is 28.9 Å². The van der Waals surface area contributed by atoms with Gasteiger partial charge in [0.25, 0.3) is 0 Å². The lowest BCUT2D eigenvalue weighted by atomic mass is 10.1. The topological polar surface area (TPSA) is 78.8 Å². The monoisotopic (exact) mass is 487 g/mol. The van der Waals surface area contributed by atoms with Crippen LogP contribution in [0.3, 0.4) is 0 Å². The first-order valence-corrected chi connectivity index (χ1v) is 12.2. The number of halogens is 4. The van der Waals surface area contributed by atoms with E-state index >= 15 is 0 Å². The molecule has 0 aromatic heterocycles. The molecule has 0 bridgehead atoms. The minimum Gasteiger partial charge on any atom is -0.324 e. The zero-order valence-electron chi connectivity index (χ0n) is 16.3. The number of anilines is 2. The summed E-state index contributed by atoms with van der Waals surface area (Å²) in [7, 11) is -3.22. The number of fused-ring (bicyclic) bond motifs is 1. The summed E-state index contributed by atoms with van der Waals surface area (Å²) in [6.07, 6.45) is -4.66. The van der Waals surface area contributed by atoms with Gasteiger partial charge in [-0.1, -0.05) is 36.0 Å². The van der Waals surface area contributed by atoms with Crippen LogP contribution in [-0.4, -0.2) is 48.8 Å². The molecular formula is C20H17F4N3O3S2. The Morgan fingerprint density at radius 3 is 2.50 bits per heavy atom. The molecule has 2 aromatic carbocycles. The van der Waals surface area contributed by atoms with Gasteiger partial charge in [-0.2, -0.15) is 13.2 Å². The van der Waals surface area contributed by atoms with Crippen molar-refractivity contribution in [3.05, 3.63) is 59.9 Å². The maximum Gasteiger partial charge on any atom is 0.418 e. The largest absolute Gasteiger partial charge is 0.418 e. The van der Waals surface area contributed by atoms with Crippen LogP contribution in [0.1, 0.15) is 5.56 Å². The van der Waals surface area contributed by atoms with E-state index in [0.29, 0.717) is 0 Å². The van der Waals surface area contributed by atoms with E-state index in [9.17, 15) is 30.8 Å². The molecular weight excluding hydrogens is 470 g/mol. The third-order valence-electron chi connectivity index (χ3n) is 4.99. The summed E-state index contributed by atoms with van der Waals surface area (Å²) in [6, 6.07) is 9.65. The molecule has 1 saturated heterocycles. The van der Waals surface area contributed by atoms with Gasteiger partial charge in [0.15, 0.2) is 15.0 Å². The molecule has 6 nitrogen and oxygen atoms in total. The van der Waals surface area contributed by atoms with Gasteiger partial charge in [-0.15, -0.1) is 0 Å². The van der Waals surface area contributed by atoms with Crippen molar-refractivity contribution >= 4 is 44.0 Å². The zero-order valence-corrected chi connectivity index (χ0v) is 18.0. The van der Waals surface area contributed by atoms with Crippen molar-refractivity contribution in [2.75, 3.05) is 28.3 Å². The highest BCUT2D eigenvalue weighted by atomic mass is 32.2. The van der Waals surface area contributed by atoms with E-state index in [2.05, 4.69) is 10.3 Å². The third kappa shape index (κ3) is 4.75. The lowest BCUT2D eigenvalue weighted by Crippen LogP contribution is -2.37. The van der Waals surface area contributed by atoms with Crippen LogP contribution in [-0.2, 0) is 20.8 Å². The van der Waals surface area contributed by atoms with E-state index < -0.39 is 51.6 Å². The number of carbonyl (C=O) groups excluding carboxylic acids is 1. The number of carbonyl (C=O) groups is 1. The third-order valence-corrected chi connectivity index (χ3v) is 8.24. The highest BCUT2D eigenvalue weighted by Gasteiger charge is 2.44. The molecule has 0 aliphatic carbocycles. The molecule has 0 spiro atoms. The summed E-state index contributed by atoms with van der Waals surface area (Å²) in [6.45, 7) is -0.509. The van der Waals surface area contributed by atoms with Crippen LogP contribution in [0, 0.1) is 5.82 Å². The van der Waals surface area contributed by atoms with Crippen molar-refractivity contribution in [1.29, 1.82) is 0 Å². The number of alkyl halides is 3. The van der Waals surface area contributed by atoms with Crippen LogP contribution in [0.2, 0.25) is 0 Å². The maximum atomic E-state index is 14.5. The van der Waals surface area contributed by atoms with Gasteiger partial charge < -0.3 is 10.2 Å². The predicted octanol–water partition coefficient (Wildman–Crippen LogP) is 3.56. The Labute approximate surface area is 185 Å². The Bertz CT molecular complexity index is 1180. The summed E-state index contributed by atoms with van der Waals surface area (Å²) in [4.78, 5) is 18.3. The summed E-state index contributed by atoms with van der Waals surface area (Å²) in [5.74, 6) is -1.67. The summed E-state index contributed by atoms with van der Waals surface area (Å²) in [5, 5.41) is 2.14. The lowest BCUT2D eigenvalue weighted by Gasteiger charge is -2.25. The molecule has 12 heteroatoms. The van der Waals surface area contributed by atoms with Crippen molar-refractivity contribution in [3.8, 4) is 0 Å². The number of sulfone groups is 1. The van der Waals surface area contributed by atoms with Gasteiger partial charge in [0.2, 0.25) is 5.91 Å². The molecule has 2 aliphatic rings. The van der Waals surface area contributed by atoms with Gasteiger partial charge in [0.05, 0.1) is 34.5 Å². The second-order valence-corrected chi connectivity index (χ2v) is 10.7. The van der Waals surface area contributed by atoms with Gasteiger partial charge in [0, 0.05) is 5.25 Å². The van der Waals surface area contributed by atoms with Crippen LogP contribution in [0.15, 0.2) is 53.5 Å². The molecule has 1 amide bonds. The lowest BCUT2D eigenvalue weighted by molar-refractivity contribution is -0.137. The minimum absolute atomic E-state index is 0.0147. The molecule has 0 saturated carbocycles. The fourth-order valence-corrected chi connectivity index (χ4v) is 7.34. The number of thioether (sulfide) groups is 1. The molecule has 0 radical (unpaired) electrons. The molecule has 32 heavy (non-hydrogen) atoms. The highest BCUT2D eigenvalue weighted by Crippen LogP contribution is 2.38. The second-order valence-electron chi connectivity index (χ2n) is 7.34. The van der Waals surface area contributed by atoms with Gasteiger partial charge in [-0.25, -0.2) is 12.8 Å². The Balaban J connectivity index is 1.60. The average Bonchev–Trinajstić information content (AvgIpc) is 3.20. The van der Waals surface area contributed by atoms with Crippen LogP contribution in [0.25, 0.3) is 0 Å². The molecule has 2 aliphatic heterocycles. The number of rotatable bonds is 4. The Hall–Kier alpha value is -2.60. The number of amidine groups is 1. The van der Waals surface area contributed by atoms with Crippen LogP contribution < -0.4 is 10.2 Å². The molecule has 1 N–H and O–H groups in total. The Morgan fingerprint density at radius 2 is 1.81 bits per heavy atom. The molecule has 170 valence electrons. The number of nitrogens with one attached hydrogen (secondary N) is 1. The van der Waals surface area contributed by atoms with E-state index in [1.165, 1.54) is 35.2 Å². The minimum atomic E-state index is -4.66. The van der Waals surface area contributed by atoms with E-state index in [-0.39, 0.29) is 27.6 Å². The van der Waals surface area contributed by atoms with Crippen molar-refractivity contribution in [2.45, 2.75) is 17.5 Å². The SMILES string of the molecule is O=C(CN(C1=N[C@@H]2CS(=O)(=O)C[C@@H]2S1)c1ccccc1F)Nc1ccccc1C(F)(F)F. The van der Waals surface area contributed by atoms with Gasteiger partial charge >= 0.3 is 6.18 Å². The summed E-state index contributed by atoms with van der Waals surface area (Å²) >= 11 is 1.12. The van der Waals surface area contributed by atoms with E-state index in [1.54, 1.807) is 6.07 Å². The first kappa shape index (κ1) is 22.6. The van der Waals surface area contributed by atoms with E-state index in [0.717, 1.165) is 23.9 Å². The smallest absolute Gasteiger partial charge is 0.324 e. The Kier molecular flexibility index (Phi) is 5.93. The summed E-state index contributed by atoms with van der Waals surface area (Å²) < 4.78 is 77.9. The summed E-state index contributed by atoms with van der Waals surface area (Å²) in [5.41, 5.74) is -1.40. The Morgan fingerprint density at radius 1 is 1.12 bits per heavy atom. The van der Waals surface area contributed by atoms with Gasteiger partial charge in [-0.05, 0) is 24.3 Å². The second kappa shape index (κ2) is 8.39. The molecule has 0 unspecified atom stereocenters. The molecule has 1 fully saturated rings. The zero-order chi connectivity index (χ0) is 23.1. The van der Waals surface area contributed by atoms with Crippen molar-refractivity contribution in [3.63, 3.8) is 0 Å². The predicted molar refractivity (Wildman–Crippen MR) is 115 cm³/mol. The highest BCUT2D eigenvalue weighted by molar-refractivity contribution is 8.15. The molecule has 2 heterocycles. The first-order chi connectivity index (χ1) is 15.0. The average molecular weight is 488 g/mol. The van der Waals surface area contributed by atoms with Crippen molar-refractivity contribution in [2.24, 2.45) is 4.99 Å². The number of nitrogens with zero attached hydrogens (tertiary/aromatic N) is 2. The van der Waals surface area contributed by atoms with Gasteiger partial charge in [0.1, 0.15) is 12.4 Å². The number of amides is 1. The van der Waals surface area contributed by atoms with Crippen LogP contribution >= 0.6 is 11.8 Å². The van der Waals surface area contributed by atoms with Crippen molar-refractivity contribution in [1.82, 2.24) is 0 Å². The number of hydrogen-bond acceptors (Lipinski definition) is 6. The maximum absolute atomic E-state index is 14.5. The van der Waals surface area contributed by atoms with Gasteiger partial charge in [-0.3, -0.25) is 9.79 Å². The van der Waals surface area contributed by atoms with E-state index in [1.807, 2.05) is 0 Å². The van der Waals surface area contributed by atoms with Crippen molar-refractivity contribution < 1.29 is 30.8 Å². The van der Waals surface area contributed by atoms with Crippen LogP contribution in [0.5, 0.6) is 0 Å². The fraction of sp³-hybridized carbons (Fsp3) is 0.300. The number of aliphatic imine (C=N–C) groups is 1. The molecule has 2 aromatic rings. The number of para-hydroxylation sites is 2. The molecule has 4 rings (SSSR count). The number of benzene rings is 2. The molecule has 2 atom stereocenters. The fourth-order valence-electron chi connectivity index (χ4n) is 3.57. The normalized spacial score (nSPS) is 21.7. The number of hydrogen-bond donors (Lipinski definition) is 1. The van der Waals surface area contributed by atoms with E-state index in [4.69, 9.17) is 0 Å². The quantitative estimate of drug-likeness (QED) is 0.668. The standard InChI is InChI=1S/C20H17F4N3O3S2/c21-13-6-2-4-8-16(13)27(19-26-15-10-32(29,30)11-17(15)31-19)9-18(28)25-14-7-3-1-5-12(14)20(22,23)24/h1-8,15,17H,9-11H2,(H,25,28)/t15-,17+/m1/s1. The first-order valence-electron chi connectivity index (χ1n) is 9.46.